The standard InChI is InChI=1S/C18H27N3O2/c22-18(20-13-17-7-3-12-23-17)19-9-4-10-21-11-8-15-5-1-2-6-16(15)14-21/h1-2,5-6,17H,3-4,7-14H2,(H2,19,20,22)/t17-/m0/s1. The fourth-order valence-electron chi connectivity index (χ4n) is 3.32. The Kier molecular flexibility index (Phi) is 5.88. The Balaban J connectivity index is 1.27. The van der Waals surface area contributed by atoms with E-state index in [4.69, 9.17) is 4.74 Å². The Hall–Kier alpha value is -1.59. The Morgan fingerprint density at radius 2 is 2.13 bits per heavy atom. The van der Waals surface area contributed by atoms with Crippen molar-refractivity contribution in [1.29, 1.82) is 0 Å². The molecule has 0 saturated carbocycles. The summed E-state index contributed by atoms with van der Waals surface area (Å²) in [5.41, 5.74) is 2.93. The second-order valence-corrected chi connectivity index (χ2v) is 6.42. The van der Waals surface area contributed by atoms with Crippen molar-refractivity contribution >= 4 is 6.03 Å². The highest BCUT2D eigenvalue weighted by Crippen LogP contribution is 2.18. The van der Waals surface area contributed by atoms with Crippen molar-refractivity contribution < 1.29 is 9.53 Å². The number of rotatable bonds is 6. The molecule has 3 rings (SSSR count). The van der Waals surface area contributed by atoms with E-state index >= 15 is 0 Å². The molecule has 126 valence electrons. The summed E-state index contributed by atoms with van der Waals surface area (Å²) in [6.45, 7) is 5.33. The maximum atomic E-state index is 11.7. The van der Waals surface area contributed by atoms with Gasteiger partial charge >= 0.3 is 6.03 Å². The van der Waals surface area contributed by atoms with Gasteiger partial charge in [-0.1, -0.05) is 24.3 Å². The number of carbonyl (C=O) groups is 1. The van der Waals surface area contributed by atoms with Gasteiger partial charge in [0.25, 0.3) is 0 Å². The number of hydrogen-bond donors (Lipinski definition) is 2. The van der Waals surface area contributed by atoms with Gasteiger partial charge in [0, 0.05) is 39.3 Å². The average Bonchev–Trinajstić information content (AvgIpc) is 3.10. The van der Waals surface area contributed by atoms with Crippen molar-refractivity contribution in [3.05, 3.63) is 35.4 Å². The first-order chi connectivity index (χ1) is 11.3. The minimum Gasteiger partial charge on any atom is -0.376 e. The highest BCUT2D eigenvalue weighted by Gasteiger charge is 2.16. The highest BCUT2D eigenvalue weighted by molar-refractivity contribution is 5.73. The summed E-state index contributed by atoms with van der Waals surface area (Å²) in [7, 11) is 0. The molecular formula is C18H27N3O2. The molecule has 1 atom stereocenters. The lowest BCUT2D eigenvalue weighted by Gasteiger charge is -2.28. The number of carbonyl (C=O) groups excluding carboxylic acids is 1. The Labute approximate surface area is 138 Å². The third-order valence-electron chi connectivity index (χ3n) is 4.66. The lowest BCUT2D eigenvalue weighted by molar-refractivity contribution is 0.111. The smallest absolute Gasteiger partial charge is 0.314 e. The molecule has 23 heavy (non-hydrogen) atoms. The van der Waals surface area contributed by atoms with Gasteiger partial charge in [-0.05, 0) is 36.8 Å². The first kappa shape index (κ1) is 16.3. The third kappa shape index (κ3) is 4.94. The second kappa shape index (κ2) is 8.31. The number of hydrogen-bond acceptors (Lipinski definition) is 3. The van der Waals surface area contributed by atoms with Crippen LogP contribution in [0.4, 0.5) is 4.79 Å². The van der Waals surface area contributed by atoms with E-state index in [-0.39, 0.29) is 12.1 Å². The summed E-state index contributed by atoms with van der Waals surface area (Å²) in [6, 6.07) is 8.60. The van der Waals surface area contributed by atoms with Crippen LogP contribution in [-0.2, 0) is 17.7 Å². The number of benzene rings is 1. The van der Waals surface area contributed by atoms with Crippen LogP contribution < -0.4 is 10.6 Å². The zero-order valence-corrected chi connectivity index (χ0v) is 13.7. The number of amides is 2. The molecule has 2 N–H and O–H groups in total. The number of fused-ring (bicyclic) bond motifs is 1. The van der Waals surface area contributed by atoms with Crippen LogP contribution in [0.2, 0.25) is 0 Å². The summed E-state index contributed by atoms with van der Waals surface area (Å²) in [4.78, 5) is 14.2. The first-order valence-electron chi connectivity index (χ1n) is 8.74. The van der Waals surface area contributed by atoms with E-state index in [1.807, 2.05) is 0 Å². The molecule has 1 aromatic rings. The van der Waals surface area contributed by atoms with Gasteiger partial charge in [0.2, 0.25) is 0 Å². The van der Waals surface area contributed by atoms with Crippen molar-refractivity contribution in [2.75, 3.05) is 32.8 Å². The van der Waals surface area contributed by atoms with Gasteiger partial charge in [-0.3, -0.25) is 4.90 Å². The molecule has 2 amide bonds. The predicted molar refractivity (Wildman–Crippen MR) is 90.4 cm³/mol. The summed E-state index contributed by atoms with van der Waals surface area (Å²) in [5, 5.41) is 5.82. The Bertz CT molecular complexity index is 515. The van der Waals surface area contributed by atoms with Gasteiger partial charge < -0.3 is 15.4 Å². The van der Waals surface area contributed by atoms with Crippen LogP contribution in [0.15, 0.2) is 24.3 Å². The van der Waals surface area contributed by atoms with Crippen LogP contribution in [0, 0.1) is 0 Å². The number of nitrogens with zero attached hydrogens (tertiary/aromatic N) is 1. The summed E-state index contributed by atoms with van der Waals surface area (Å²) >= 11 is 0. The van der Waals surface area contributed by atoms with Gasteiger partial charge in [0.05, 0.1) is 6.10 Å². The largest absolute Gasteiger partial charge is 0.376 e. The maximum Gasteiger partial charge on any atom is 0.314 e. The number of ether oxygens (including phenoxy) is 1. The minimum atomic E-state index is -0.0792. The van der Waals surface area contributed by atoms with Crippen LogP contribution in [0.1, 0.15) is 30.4 Å². The highest BCUT2D eigenvalue weighted by atomic mass is 16.5. The lowest BCUT2D eigenvalue weighted by atomic mass is 10.00. The number of urea groups is 1. The molecule has 2 aliphatic heterocycles. The van der Waals surface area contributed by atoms with Crippen molar-refractivity contribution in [3.63, 3.8) is 0 Å². The molecule has 1 aromatic carbocycles. The third-order valence-corrected chi connectivity index (χ3v) is 4.66. The van der Waals surface area contributed by atoms with E-state index in [1.165, 1.54) is 11.1 Å². The molecule has 0 aliphatic carbocycles. The van der Waals surface area contributed by atoms with E-state index in [2.05, 4.69) is 39.8 Å². The van der Waals surface area contributed by atoms with Crippen molar-refractivity contribution in [1.82, 2.24) is 15.5 Å². The van der Waals surface area contributed by atoms with Crippen molar-refractivity contribution in [3.8, 4) is 0 Å². The molecule has 0 spiro atoms. The predicted octanol–water partition coefficient (Wildman–Crippen LogP) is 1.91. The molecule has 0 unspecified atom stereocenters. The minimum absolute atomic E-state index is 0.0792. The van der Waals surface area contributed by atoms with Crippen LogP contribution in [0.3, 0.4) is 0 Å². The molecule has 2 heterocycles. The fourth-order valence-corrected chi connectivity index (χ4v) is 3.32. The maximum absolute atomic E-state index is 11.7. The summed E-state index contributed by atoms with van der Waals surface area (Å²) in [6.07, 6.45) is 4.47. The van der Waals surface area contributed by atoms with E-state index in [9.17, 15) is 4.79 Å². The van der Waals surface area contributed by atoms with E-state index in [0.717, 1.165) is 58.5 Å². The molecule has 0 bridgehead atoms. The monoisotopic (exact) mass is 317 g/mol. The van der Waals surface area contributed by atoms with Crippen molar-refractivity contribution in [2.24, 2.45) is 0 Å². The van der Waals surface area contributed by atoms with E-state index < -0.39 is 0 Å². The topological polar surface area (TPSA) is 53.6 Å². The normalized spacial score (nSPS) is 21.0. The van der Waals surface area contributed by atoms with Crippen LogP contribution in [-0.4, -0.2) is 49.8 Å². The van der Waals surface area contributed by atoms with Crippen LogP contribution in [0.5, 0.6) is 0 Å². The molecule has 2 aliphatic rings. The van der Waals surface area contributed by atoms with Gasteiger partial charge in [-0.25, -0.2) is 4.79 Å². The average molecular weight is 317 g/mol. The zero-order chi connectivity index (χ0) is 15.9. The molecule has 0 radical (unpaired) electrons. The van der Waals surface area contributed by atoms with Gasteiger partial charge in [0.1, 0.15) is 0 Å². The number of nitrogens with one attached hydrogen (secondary N) is 2. The van der Waals surface area contributed by atoms with E-state index in [1.54, 1.807) is 0 Å². The Morgan fingerprint density at radius 3 is 2.96 bits per heavy atom. The van der Waals surface area contributed by atoms with Crippen LogP contribution in [0.25, 0.3) is 0 Å². The molecule has 1 saturated heterocycles. The molecular weight excluding hydrogens is 290 g/mol. The molecule has 5 heteroatoms. The van der Waals surface area contributed by atoms with Gasteiger partial charge in [-0.2, -0.15) is 0 Å². The second-order valence-electron chi connectivity index (χ2n) is 6.42. The zero-order valence-electron chi connectivity index (χ0n) is 13.7. The Morgan fingerprint density at radius 1 is 1.26 bits per heavy atom. The first-order valence-corrected chi connectivity index (χ1v) is 8.74. The molecule has 0 aromatic heterocycles. The fraction of sp³-hybridized carbons (Fsp3) is 0.611. The lowest BCUT2D eigenvalue weighted by Crippen LogP contribution is -2.40. The quantitative estimate of drug-likeness (QED) is 0.788. The van der Waals surface area contributed by atoms with Gasteiger partial charge in [0.15, 0.2) is 0 Å². The van der Waals surface area contributed by atoms with Gasteiger partial charge in [-0.15, -0.1) is 0 Å². The molecule has 5 nitrogen and oxygen atoms in total. The van der Waals surface area contributed by atoms with Crippen LogP contribution >= 0.6 is 0 Å². The molecule has 1 fully saturated rings. The SMILES string of the molecule is O=C(NCCCN1CCc2ccccc2C1)NC[C@@H]1CCCO1. The summed E-state index contributed by atoms with van der Waals surface area (Å²) < 4.78 is 5.49. The van der Waals surface area contributed by atoms with Crippen molar-refractivity contribution in [2.45, 2.75) is 38.3 Å². The summed E-state index contributed by atoms with van der Waals surface area (Å²) in [5.74, 6) is 0. The van der Waals surface area contributed by atoms with E-state index in [0.29, 0.717) is 6.54 Å².